The number of nitrogens with one attached hydrogen (secondary N) is 1. The van der Waals surface area contributed by atoms with Gasteiger partial charge in [0.25, 0.3) is 0 Å². The maximum atomic E-state index is 12.2. The molecular formula is C22H29N3O2S. The lowest BCUT2D eigenvalue weighted by Crippen LogP contribution is -2.49. The van der Waals surface area contributed by atoms with Gasteiger partial charge in [0.2, 0.25) is 5.91 Å². The van der Waals surface area contributed by atoms with E-state index in [0.29, 0.717) is 18.8 Å². The highest BCUT2D eigenvalue weighted by molar-refractivity contribution is 7.98. The van der Waals surface area contributed by atoms with Crippen LogP contribution in [0.5, 0.6) is 5.75 Å². The van der Waals surface area contributed by atoms with Crippen molar-refractivity contribution < 1.29 is 9.90 Å². The molecule has 0 atom stereocenters. The molecule has 2 aromatic carbocycles. The van der Waals surface area contributed by atoms with Gasteiger partial charge in [-0.05, 0) is 24.6 Å². The van der Waals surface area contributed by atoms with Gasteiger partial charge in [-0.2, -0.15) is 11.8 Å². The number of nitrogens with zero attached hydrogens (tertiary/aromatic N) is 2. The fourth-order valence-corrected chi connectivity index (χ4v) is 4.09. The number of benzene rings is 2. The summed E-state index contributed by atoms with van der Waals surface area (Å²) >= 11 is 1.84. The van der Waals surface area contributed by atoms with Gasteiger partial charge in [-0.1, -0.05) is 42.0 Å². The normalized spacial score (nSPS) is 14.8. The zero-order chi connectivity index (χ0) is 19.8. The molecule has 0 spiro atoms. The van der Waals surface area contributed by atoms with E-state index in [-0.39, 0.29) is 5.91 Å². The second-order valence-electron chi connectivity index (χ2n) is 7.14. The molecule has 6 heteroatoms. The minimum absolute atomic E-state index is 0.0898. The van der Waals surface area contributed by atoms with E-state index in [1.54, 1.807) is 6.07 Å². The van der Waals surface area contributed by atoms with E-state index in [9.17, 15) is 9.90 Å². The van der Waals surface area contributed by atoms with Gasteiger partial charge in [-0.15, -0.1) is 0 Å². The highest BCUT2D eigenvalue weighted by Gasteiger charge is 2.20. The third-order valence-electron chi connectivity index (χ3n) is 4.92. The van der Waals surface area contributed by atoms with Crippen molar-refractivity contribution in [1.29, 1.82) is 0 Å². The SMILES string of the molecule is Cc1ccc(CSCCNC(=O)CN2CCN(c3ccccc3O)CC2)cc1. The van der Waals surface area contributed by atoms with Crippen molar-refractivity contribution in [1.82, 2.24) is 10.2 Å². The Bertz CT molecular complexity index is 759. The Labute approximate surface area is 171 Å². The van der Waals surface area contributed by atoms with Crippen LogP contribution in [0, 0.1) is 6.92 Å². The van der Waals surface area contributed by atoms with Crippen molar-refractivity contribution in [3.05, 3.63) is 59.7 Å². The van der Waals surface area contributed by atoms with E-state index >= 15 is 0 Å². The molecule has 1 saturated heterocycles. The molecule has 150 valence electrons. The van der Waals surface area contributed by atoms with Gasteiger partial charge < -0.3 is 15.3 Å². The Morgan fingerprint density at radius 1 is 1.07 bits per heavy atom. The number of phenols is 1. The first-order valence-electron chi connectivity index (χ1n) is 9.77. The Morgan fingerprint density at radius 3 is 2.50 bits per heavy atom. The minimum Gasteiger partial charge on any atom is -0.506 e. The Morgan fingerprint density at radius 2 is 1.79 bits per heavy atom. The predicted molar refractivity (Wildman–Crippen MR) is 117 cm³/mol. The summed E-state index contributed by atoms with van der Waals surface area (Å²) in [4.78, 5) is 16.5. The van der Waals surface area contributed by atoms with Crippen LogP contribution in [-0.2, 0) is 10.5 Å². The highest BCUT2D eigenvalue weighted by atomic mass is 32.2. The molecule has 0 radical (unpaired) electrons. The second-order valence-corrected chi connectivity index (χ2v) is 8.25. The number of anilines is 1. The Hall–Kier alpha value is -2.18. The molecule has 1 heterocycles. The number of carbonyl (C=O) groups is 1. The van der Waals surface area contributed by atoms with Gasteiger partial charge in [0, 0.05) is 44.2 Å². The average Bonchev–Trinajstić information content (AvgIpc) is 2.70. The largest absolute Gasteiger partial charge is 0.506 e. The predicted octanol–water partition coefficient (Wildman–Crippen LogP) is 2.87. The van der Waals surface area contributed by atoms with Crippen molar-refractivity contribution >= 4 is 23.4 Å². The molecule has 0 aliphatic carbocycles. The van der Waals surface area contributed by atoms with Crippen LogP contribution in [0.25, 0.3) is 0 Å². The number of rotatable bonds is 8. The summed E-state index contributed by atoms with van der Waals surface area (Å²) in [6.45, 7) is 6.52. The first kappa shape index (κ1) is 20.6. The van der Waals surface area contributed by atoms with Crippen LogP contribution < -0.4 is 10.2 Å². The van der Waals surface area contributed by atoms with Crippen LogP contribution in [0.3, 0.4) is 0 Å². The zero-order valence-electron chi connectivity index (χ0n) is 16.4. The molecule has 1 amide bonds. The van der Waals surface area contributed by atoms with E-state index in [2.05, 4.69) is 46.3 Å². The summed E-state index contributed by atoms with van der Waals surface area (Å²) in [5, 5.41) is 13.0. The van der Waals surface area contributed by atoms with E-state index < -0.39 is 0 Å². The number of phenolic OH excluding ortho intramolecular Hbond substituents is 1. The fourth-order valence-electron chi connectivity index (χ4n) is 3.27. The highest BCUT2D eigenvalue weighted by Crippen LogP contribution is 2.27. The van der Waals surface area contributed by atoms with Crippen LogP contribution in [-0.4, -0.2) is 60.9 Å². The lowest BCUT2D eigenvalue weighted by Gasteiger charge is -2.35. The molecule has 28 heavy (non-hydrogen) atoms. The number of thioether (sulfide) groups is 1. The maximum absolute atomic E-state index is 12.2. The lowest BCUT2D eigenvalue weighted by atomic mass is 10.2. The van der Waals surface area contributed by atoms with Crippen molar-refractivity contribution in [3.8, 4) is 5.75 Å². The monoisotopic (exact) mass is 399 g/mol. The van der Waals surface area contributed by atoms with Crippen LogP contribution >= 0.6 is 11.8 Å². The van der Waals surface area contributed by atoms with Crippen molar-refractivity contribution in [2.24, 2.45) is 0 Å². The van der Waals surface area contributed by atoms with E-state index in [1.165, 1.54) is 11.1 Å². The summed E-state index contributed by atoms with van der Waals surface area (Å²) in [7, 11) is 0. The number of carbonyl (C=O) groups excluding carboxylic acids is 1. The third-order valence-corrected chi connectivity index (χ3v) is 5.95. The number of aryl methyl sites for hydroxylation is 1. The van der Waals surface area contributed by atoms with E-state index in [4.69, 9.17) is 0 Å². The lowest BCUT2D eigenvalue weighted by molar-refractivity contribution is -0.122. The molecule has 2 N–H and O–H groups in total. The molecule has 1 aliphatic rings. The zero-order valence-corrected chi connectivity index (χ0v) is 17.3. The van der Waals surface area contributed by atoms with Crippen molar-refractivity contribution in [2.75, 3.05) is 49.9 Å². The minimum atomic E-state index is 0.0898. The fraction of sp³-hybridized carbons (Fsp3) is 0.409. The number of amides is 1. The smallest absolute Gasteiger partial charge is 0.234 e. The standard InChI is InChI=1S/C22H29N3O2S/c1-18-6-8-19(9-7-18)17-28-15-10-23-22(27)16-24-11-13-25(14-12-24)20-4-2-3-5-21(20)26/h2-9,26H,10-17H2,1H3,(H,23,27). The Kier molecular flexibility index (Phi) is 7.62. The molecule has 0 bridgehead atoms. The number of hydrogen-bond acceptors (Lipinski definition) is 5. The van der Waals surface area contributed by atoms with Gasteiger partial charge in [-0.3, -0.25) is 9.69 Å². The first-order chi connectivity index (χ1) is 13.6. The number of aromatic hydroxyl groups is 1. The third kappa shape index (κ3) is 6.17. The average molecular weight is 400 g/mol. The van der Waals surface area contributed by atoms with Crippen LogP contribution in [0.15, 0.2) is 48.5 Å². The molecule has 5 nitrogen and oxygen atoms in total. The van der Waals surface area contributed by atoms with Gasteiger partial charge >= 0.3 is 0 Å². The van der Waals surface area contributed by atoms with Crippen molar-refractivity contribution in [2.45, 2.75) is 12.7 Å². The molecule has 2 aromatic rings. The first-order valence-corrected chi connectivity index (χ1v) is 10.9. The second kappa shape index (κ2) is 10.4. The van der Waals surface area contributed by atoms with Gasteiger partial charge in [0.15, 0.2) is 0 Å². The number of piperazine rings is 1. The number of hydrogen-bond donors (Lipinski definition) is 2. The van der Waals surface area contributed by atoms with E-state index in [1.807, 2.05) is 30.0 Å². The molecular weight excluding hydrogens is 370 g/mol. The summed E-state index contributed by atoms with van der Waals surface area (Å²) in [6, 6.07) is 16.0. The molecule has 1 fully saturated rings. The van der Waals surface area contributed by atoms with Gasteiger partial charge in [0.1, 0.15) is 5.75 Å². The van der Waals surface area contributed by atoms with Gasteiger partial charge in [0.05, 0.1) is 12.2 Å². The summed E-state index contributed by atoms with van der Waals surface area (Å²) < 4.78 is 0. The topological polar surface area (TPSA) is 55.8 Å². The summed E-state index contributed by atoms with van der Waals surface area (Å²) in [5.74, 6) is 2.30. The van der Waals surface area contributed by atoms with Crippen LogP contribution in [0.1, 0.15) is 11.1 Å². The molecule has 0 unspecified atom stereocenters. The van der Waals surface area contributed by atoms with Crippen LogP contribution in [0.2, 0.25) is 0 Å². The molecule has 0 aromatic heterocycles. The summed E-state index contributed by atoms with van der Waals surface area (Å²) in [5.41, 5.74) is 3.48. The summed E-state index contributed by atoms with van der Waals surface area (Å²) in [6.07, 6.45) is 0. The molecule has 0 saturated carbocycles. The van der Waals surface area contributed by atoms with Gasteiger partial charge in [-0.25, -0.2) is 0 Å². The molecule has 1 aliphatic heterocycles. The Balaban J connectivity index is 1.29. The molecule has 3 rings (SSSR count). The van der Waals surface area contributed by atoms with Crippen molar-refractivity contribution in [3.63, 3.8) is 0 Å². The number of para-hydroxylation sites is 2. The maximum Gasteiger partial charge on any atom is 0.234 e. The van der Waals surface area contributed by atoms with E-state index in [0.717, 1.165) is 43.4 Å². The quantitative estimate of drug-likeness (QED) is 0.669. The van der Waals surface area contributed by atoms with Crippen LogP contribution in [0.4, 0.5) is 5.69 Å².